The molecule has 0 saturated carbocycles. The maximum atomic E-state index is 11.8. The molecule has 7 heteroatoms. The van der Waals surface area contributed by atoms with Gasteiger partial charge in [0.25, 0.3) is 5.56 Å². The summed E-state index contributed by atoms with van der Waals surface area (Å²) in [7, 11) is 0. The van der Waals surface area contributed by atoms with Crippen molar-refractivity contribution in [3.8, 4) is 0 Å². The Morgan fingerprint density at radius 1 is 1.58 bits per heavy atom. The fourth-order valence-corrected chi connectivity index (χ4v) is 2.10. The Kier molecular flexibility index (Phi) is 3.57. The Hall–Kier alpha value is -1.89. The third kappa shape index (κ3) is 3.31. The van der Waals surface area contributed by atoms with E-state index in [4.69, 9.17) is 10.5 Å². The van der Waals surface area contributed by atoms with Crippen LogP contribution in [0.4, 0.5) is 5.69 Å². The number of rotatable bonds is 3. The van der Waals surface area contributed by atoms with Crippen molar-refractivity contribution in [1.82, 2.24) is 9.78 Å². The Balaban J connectivity index is 2.20. The van der Waals surface area contributed by atoms with Gasteiger partial charge >= 0.3 is 0 Å². The molecule has 1 amide bonds. The van der Waals surface area contributed by atoms with Gasteiger partial charge in [-0.1, -0.05) is 0 Å². The van der Waals surface area contributed by atoms with E-state index < -0.39 is 5.91 Å². The van der Waals surface area contributed by atoms with Crippen LogP contribution in [0.25, 0.3) is 0 Å². The van der Waals surface area contributed by atoms with Crippen molar-refractivity contribution in [2.45, 2.75) is 26.0 Å². The number of hydrogen-bond acceptors (Lipinski definition) is 5. The Morgan fingerprint density at radius 2 is 2.32 bits per heavy atom. The number of aromatic nitrogens is 2. The summed E-state index contributed by atoms with van der Waals surface area (Å²) < 4.78 is 6.67. The minimum atomic E-state index is -0.588. The van der Waals surface area contributed by atoms with E-state index in [1.54, 1.807) is 6.20 Å². The van der Waals surface area contributed by atoms with E-state index in [2.05, 4.69) is 5.10 Å². The highest BCUT2D eigenvalue weighted by molar-refractivity contribution is 5.73. The molecule has 1 saturated heterocycles. The van der Waals surface area contributed by atoms with E-state index in [-0.39, 0.29) is 17.7 Å². The van der Waals surface area contributed by atoms with Crippen molar-refractivity contribution in [3.63, 3.8) is 0 Å². The average Bonchev–Trinajstić information content (AvgIpc) is 2.30. The van der Waals surface area contributed by atoms with Gasteiger partial charge in [0, 0.05) is 19.2 Å². The Bertz CT molecular complexity index is 538. The van der Waals surface area contributed by atoms with E-state index in [9.17, 15) is 9.59 Å². The van der Waals surface area contributed by atoms with Crippen molar-refractivity contribution in [2.75, 3.05) is 24.6 Å². The van der Waals surface area contributed by atoms with Gasteiger partial charge in [-0.15, -0.1) is 0 Å². The molecule has 0 bridgehead atoms. The summed E-state index contributed by atoms with van der Waals surface area (Å²) in [5, 5.41) is 3.96. The summed E-state index contributed by atoms with van der Waals surface area (Å²) >= 11 is 0. The lowest BCUT2D eigenvalue weighted by atomic mass is 10.1. The molecule has 1 aliphatic rings. The topological polar surface area (TPSA) is 90.5 Å². The lowest BCUT2D eigenvalue weighted by Gasteiger charge is -2.39. The second-order valence-corrected chi connectivity index (χ2v) is 5.21. The SMILES string of the molecule is CC1(C)CN(c2cnn(CC(N)=O)c(=O)c2)CCO1. The second kappa shape index (κ2) is 5.00. The Labute approximate surface area is 110 Å². The first-order chi connectivity index (χ1) is 8.87. The van der Waals surface area contributed by atoms with Gasteiger partial charge in [0.1, 0.15) is 6.54 Å². The first-order valence-corrected chi connectivity index (χ1v) is 6.12. The number of hydrogen-bond donors (Lipinski definition) is 1. The van der Waals surface area contributed by atoms with Gasteiger partial charge in [-0.2, -0.15) is 5.10 Å². The summed E-state index contributed by atoms with van der Waals surface area (Å²) in [6.45, 7) is 5.81. The summed E-state index contributed by atoms with van der Waals surface area (Å²) in [6, 6.07) is 1.47. The molecular formula is C12H18N4O3. The summed E-state index contributed by atoms with van der Waals surface area (Å²) in [6.07, 6.45) is 1.58. The first-order valence-electron chi connectivity index (χ1n) is 6.12. The Morgan fingerprint density at radius 3 is 2.89 bits per heavy atom. The highest BCUT2D eigenvalue weighted by atomic mass is 16.5. The molecule has 1 aromatic rings. The molecule has 0 radical (unpaired) electrons. The molecule has 1 aromatic heterocycles. The standard InChI is InChI=1S/C12H18N4O3/c1-12(2)8-15(3-4-19-12)9-5-11(18)16(14-6-9)7-10(13)17/h5-6H,3-4,7-8H2,1-2H3,(H2,13,17). The van der Waals surface area contributed by atoms with Crippen LogP contribution in [0.1, 0.15) is 13.8 Å². The van der Waals surface area contributed by atoms with Crippen molar-refractivity contribution in [2.24, 2.45) is 5.73 Å². The third-order valence-electron chi connectivity index (χ3n) is 2.95. The van der Waals surface area contributed by atoms with Gasteiger partial charge in [-0.05, 0) is 13.8 Å². The second-order valence-electron chi connectivity index (χ2n) is 5.21. The van der Waals surface area contributed by atoms with Gasteiger partial charge in [0.05, 0.1) is 24.1 Å². The maximum Gasteiger partial charge on any atom is 0.269 e. The summed E-state index contributed by atoms with van der Waals surface area (Å²) in [5.41, 5.74) is 5.20. The first kappa shape index (κ1) is 13.5. The zero-order chi connectivity index (χ0) is 14.0. The van der Waals surface area contributed by atoms with Crippen LogP contribution in [0.5, 0.6) is 0 Å². The molecule has 2 rings (SSSR count). The summed E-state index contributed by atoms with van der Waals surface area (Å²) in [5.74, 6) is -0.588. The molecule has 0 spiro atoms. The summed E-state index contributed by atoms with van der Waals surface area (Å²) in [4.78, 5) is 24.7. The smallest absolute Gasteiger partial charge is 0.269 e. The van der Waals surface area contributed by atoms with Crippen LogP contribution in [0.3, 0.4) is 0 Å². The van der Waals surface area contributed by atoms with Crippen molar-refractivity contribution >= 4 is 11.6 Å². The molecule has 0 aliphatic carbocycles. The molecule has 7 nitrogen and oxygen atoms in total. The van der Waals surface area contributed by atoms with Crippen molar-refractivity contribution in [3.05, 3.63) is 22.6 Å². The number of carbonyl (C=O) groups excluding carboxylic acids is 1. The molecule has 2 N–H and O–H groups in total. The molecule has 0 aromatic carbocycles. The molecule has 0 atom stereocenters. The average molecular weight is 266 g/mol. The van der Waals surface area contributed by atoms with Crippen LogP contribution >= 0.6 is 0 Å². The lowest BCUT2D eigenvalue weighted by Crippen LogP contribution is -2.48. The van der Waals surface area contributed by atoms with Crippen LogP contribution in [0.15, 0.2) is 17.1 Å². The number of morpholine rings is 1. The molecule has 1 fully saturated rings. The van der Waals surface area contributed by atoms with Crippen molar-refractivity contribution in [1.29, 1.82) is 0 Å². The fraction of sp³-hybridized carbons (Fsp3) is 0.583. The number of nitrogens with zero attached hydrogens (tertiary/aromatic N) is 3. The molecule has 2 heterocycles. The maximum absolute atomic E-state index is 11.8. The van der Waals surface area contributed by atoms with Crippen LogP contribution in [-0.4, -0.2) is 41.0 Å². The van der Waals surface area contributed by atoms with E-state index in [1.165, 1.54) is 6.07 Å². The predicted molar refractivity (Wildman–Crippen MR) is 69.9 cm³/mol. The molecule has 1 aliphatic heterocycles. The fourth-order valence-electron chi connectivity index (χ4n) is 2.10. The highest BCUT2D eigenvalue weighted by Crippen LogP contribution is 2.21. The van der Waals surface area contributed by atoms with E-state index in [0.717, 1.165) is 10.4 Å². The number of amides is 1. The van der Waals surface area contributed by atoms with Crippen LogP contribution in [0, 0.1) is 0 Å². The normalized spacial score (nSPS) is 18.3. The van der Waals surface area contributed by atoms with Gasteiger partial charge in [0.2, 0.25) is 5.91 Å². The van der Waals surface area contributed by atoms with Crippen LogP contribution < -0.4 is 16.2 Å². The lowest BCUT2D eigenvalue weighted by molar-refractivity contribution is -0.118. The molecular weight excluding hydrogens is 248 g/mol. The molecule has 19 heavy (non-hydrogen) atoms. The van der Waals surface area contributed by atoms with Gasteiger partial charge in [0.15, 0.2) is 0 Å². The zero-order valence-corrected chi connectivity index (χ0v) is 11.1. The van der Waals surface area contributed by atoms with E-state index in [0.29, 0.717) is 19.7 Å². The van der Waals surface area contributed by atoms with Crippen LogP contribution in [0.2, 0.25) is 0 Å². The quantitative estimate of drug-likeness (QED) is 0.784. The van der Waals surface area contributed by atoms with Gasteiger partial charge in [-0.25, -0.2) is 4.68 Å². The van der Waals surface area contributed by atoms with E-state index in [1.807, 2.05) is 18.7 Å². The monoisotopic (exact) mass is 266 g/mol. The minimum absolute atomic E-state index is 0.201. The highest BCUT2D eigenvalue weighted by Gasteiger charge is 2.27. The van der Waals surface area contributed by atoms with Gasteiger partial charge < -0.3 is 15.4 Å². The minimum Gasteiger partial charge on any atom is -0.372 e. The molecule has 0 unspecified atom stereocenters. The molecule has 104 valence electrons. The van der Waals surface area contributed by atoms with Crippen molar-refractivity contribution < 1.29 is 9.53 Å². The van der Waals surface area contributed by atoms with Gasteiger partial charge in [-0.3, -0.25) is 9.59 Å². The predicted octanol–water partition coefficient (Wildman–Crippen LogP) is -0.656. The third-order valence-corrected chi connectivity index (χ3v) is 2.95. The zero-order valence-electron chi connectivity index (χ0n) is 11.1. The number of primary amides is 1. The van der Waals surface area contributed by atoms with E-state index >= 15 is 0 Å². The number of anilines is 1. The number of ether oxygens (including phenoxy) is 1. The number of nitrogens with two attached hydrogens (primary N) is 1. The largest absolute Gasteiger partial charge is 0.372 e. The van der Waals surface area contributed by atoms with Crippen LogP contribution in [-0.2, 0) is 16.1 Å². The number of carbonyl (C=O) groups is 1.